The molecule has 4 saturated heterocycles. The van der Waals surface area contributed by atoms with E-state index in [2.05, 4.69) is 75.2 Å². The molecular weight excluding hydrogens is 1340 g/mol. The van der Waals surface area contributed by atoms with Crippen molar-refractivity contribution in [3.8, 4) is 56.9 Å². The minimum Gasteiger partial charge on any atom is -0.481 e. The quantitative estimate of drug-likeness (QED) is 0.0914. The molecule has 14 rings (SSSR count). The third kappa shape index (κ3) is 16.1. The Hall–Kier alpha value is -10.5. The number of aromatic nitrogens is 8. The van der Waals surface area contributed by atoms with E-state index in [1.165, 1.54) is 46.9 Å². The number of pyridine rings is 4. The molecule has 10 aromatic rings. The molecule has 23 nitrogen and oxygen atoms in total. The lowest BCUT2D eigenvalue weighted by Crippen LogP contribution is -2.50. The number of imidazole rings is 2. The minimum atomic E-state index is -0.724. The van der Waals surface area contributed by atoms with Crippen molar-refractivity contribution in [2.75, 3.05) is 112 Å². The highest BCUT2D eigenvalue weighted by atomic mass is 32.1. The van der Waals surface area contributed by atoms with Crippen molar-refractivity contribution < 1.29 is 33.0 Å². The molecule has 0 spiro atoms. The Bertz CT molecular complexity index is 4690. The van der Waals surface area contributed by atoms with Crippen LogP contribution < -0.4 is 30.2 Å². The van der Waals surface area contributed by atoms with Crippen molar-refractivity contribution in [3.63, 3.8) is 0 Å². The van der Waals surface area contributed by atoms with Crippen LogP contribution in [0.1, 0.15) is 81.4 Å². The molecule has 0 atom stereocenters. The normalized spacial score (nSPS) is 15.2. The van der Waals surface area contributed by atoms with E-state index in [9.17, 15) is 38.8 Å². The Morgan fingerprint density at radius 3 is 1.32 bits per heavy atom. The zero-order valence-electron chi connectivity index (χ0n) is 58.2. The summed E-state index contributed by atoms with van der Waals surface area (Å²) in [6.07, 6.45) is 12.0. The van der Waals surface area contributed by atoms with Gasteiger partial charge in [0.25, 0.3) is 0 Å². The second-order valence-electron chi connectivity index (χ2n) is 26.4. The predicted octanol–water partition coefficient (Wildman–Crippen LogP) is 12.5. The van der Waals surface area contributed by atoms with Gasteiger partial charge in [0.05, 0.1) is 17.3 Å². The number of hydrogen-bond acceptors (Lipinski definition) is 20. The summed E-state index contributed by atoms with van der Waals surface area (Å²) in [6.45, 7) is 19.3. The molecule has 27 heteroatoms. The van der Waals surface area contributed by atoms with Gasteiger partial charge in [-0.15, -0.1) is 0 Å². The molecule has 0 saturated carbocycles. The van der Waals surface area contributed by atoms with E-state index >= 15 is 0 Å². The lowest BCUT2D eigenvalue weighted by atomic mass is 9.95. The number of fused-ring (bicyclic) bond motifs is 2. The Labute approximate surface area is 599 Å². The number of aliphatic carboxylic acids is 1. The Kier molecular flexibility index (Phi) is 22.1. The molecule has 528 valence electrons. The van der Waals surface area contributed by atoms with Crippen LogP contribution in [0.5, 0.6) is 0 Å². The van der Waals surface area contributed by atoms with Crippen LogP contribution in [0.3, 0.4) is 0 Å². The van der Waals surface area contributed by atoms with Crippen LogP contribution in [0.25, 0.3) is 56.1 Å². The molecule has 4 aliphatic rings. The Morgan fingerprint density at radius 2 is 0.951 bits per heavy atom. The fourth-order valence-electron chi connectivity index (χ4n) is 13.0. The number of carboxylic acids is 1. The van der Waals surface area contributed by atoms with Crippen molar-refractivity contribution in [1.29, 1.82) is 10.5 Å². The average Bonchev–Trinajstić information content (AvgIpc) is 1.62. The van der Waals surface area contributed by atoms with Crippen LogP contribution in [0, 0.1) is 46.1 Å². The van der Waals surface area contributed by atoms with E-state index in [4.69, 9.17) is 34.6 Å². The number of carboxylic acid groups (broad SMARTS) is 1. The van der Waals surface area contributed by atoms with E-state index in [1.54, 1.807) is 29.2 Å². The van der Waals surface area contributed by atoms with E-state index in [0.717, 1.165) is 146 Å². The highest BCUT2D eigenvalue weighted by molar-refractivity contribution is 7.17. The fourth-order valence-corrected chi connectivity index (χ4v) is 14.7. The highest BCUT2D eigenvalue weighted by Gasteiger charge is 2.32. The molecule has 4 fully saturated rings. The molecule has 0 aliphatic carbocycles. The molecule has 0 radical (unpaired) electrons. The van der Waals surface area contributed by atoms with Gasteiger partial charge in [-0.3, -0.25) is 18.4 Å². The number of anilines is 6. The minimum absolute atomic E-state index is 0.0937. The lowest BCUT2D eigenvalue weighted by molar-refractivity contribution is -0.142. The van der Waals surface area contributed by atoms with Crippen LogP contribution in [0.15, 0.2) is 122 Å². The smallest absolute Gasteiger partial charge is 0.410 e. The number of piperazine rings is 2. The maximum absolute atomic E-state index is 13.6. The van der Waals surface area contributed by atoms with Gasteiger partial charge in [-0.2, -0.15) is 10.5 Å². The van der Waals surface area contributed by atoms with E-state index in [0.29, 0.717) is 87.2 Å². The zero-order valence-corrected chi connectivity index (χ0v) is 59.9. The molecule has 4 aliphatic heterocycles. The number of carbonyl (C=O) groups excluding carboxylic acids is 2. The van der Waals surface area contributed by atoms with Gasteiger partial charge in [-0.05, 0) is 156 Å². The summed E-state index contributed by atoms with van der Waals surface area (Å²) in [6, 6.07) is 32.7. The van der Waals surface area contributed by atoms with Gasteiger partial charge < -0.3 is 49.9 Å². The van der Waals surface area contributed by atoms with Gasteiger partial charge in [-0.25, -0.2) is 43.5 Å². The average molecular weight is 1420 g/mol. The molecule has 2 aromatic carbocycles. The number of halogens is 2. The van der Waals surface area contributed by atoms with Crippen molar-refractivity contribution in [2.45, 2.75) is 78.7 Å². The number of piperidine rings is 2. The second kappa shape index (κ2) is 31.6. The second-order valence-corrected chi connectivity index (χ2v) is 28.4. The van der Waals surface area contributed by atoms with Gasteiger partial charge in [-0.1, -0.05) is 36.5 Å². The summed E-state index contributed by atoms with van der Waals surface area (Å²) in [4.78, 5) is 77.6. The molecule has 102 heavy (non-hydrogen) atoms. The van der Waals surface area contributed by atoms with E-state index in [1.807, 2.05) is 103 Å². The molecule has 0 unspecified atom stereocenters. The van der Waals surface area contributed by atoms with Crippen molar-refractivity contribution in [2.24, 2.45) is 11.8 Å². The summed E-state index contributed by atoms with van der Waals surface area (Å²) in [5.74, 6) is 2.20. The van der Waals surface area contributed by atoms with Crippen molar-refractivity contribution in [3.05, 3.63) is 155 Å². The Balaban J connectivity index is 0.000000165. The number of thiazole rings is 2. The first-order chi connectivity index (χ1) is 49.3. The fraction of sp³-hybridized carbons (Fsp3) is 0.373. The third-order valence-corrected chi connectivity index (χ3v) is 20.6. The van der Waals surface area contributed by atoms with Crippen LogP contribution in [-0.2, 0) is 27.2 Å². The summed E-state index contributed by atoms with van der Waals surface area (Å²) in [7, 11) is 3.84. The van der Waals surface area contributed by atoms with Gasteiger partial charge in [0.1, 0.15) is 85.1 Å². The number of amides is 2. The van der Waals surface area contributed by atoms with Crippen LogP contribution in [-0.4, -0.2) is 170 Å². The standard InChI is InChI=1S/C35H36FN9OS.C31H28FN7O2S.C9H18N2O2/c1-3-28-33(42(2)35-41-32(29(20-37)47-35)23-4-8-27(36)9-5-23)45-22-26(7-11-31(45)40-28)25-6-10-30(39-21-25)43-16-12-24(13-17-43)34(46)44-18-14-38-15-19-44;1-3-24-29(37(2)31-36-28(25(16-33)42-31)19-4-8-23(32)9-5-19)39-18-22(7-11-27(39)35-24)21-6-10-26(34-17-21)38-14-12-20(13-15-38)30(40)41;1-9(2,3)13-8(12)11-6-4-10-5-7-11/h4-11,21-22,24,38H,3,12-19H2,1-2H3;4-11,17-18,20H,3,12-15H2,1-2H3,(H,40,41);10H,4-7H2,1-3H3. The van der Waals surface area contributed by atoms with Gasteiger partial charge in [0.2, 0.25) is 5.91 Å². The number of nitrogens with zero attached hydrogens (tertiary/aromatic N) is 16. The number of nitrogens with one attached hydrogen (secondary N) is 2. The maximum atomic E-state index is 13.6. The molecule has 2 amide bonds. The molecular formula is C75H82F2N18O5S2. The first kappa shape index (κ1) is 71.4. The number of benzene rings is 2. The number of aryl methyl sites for hydroxylation is 2. The highest BCUT2D eigenvalue weighted by Crippen LogP contribution is 2.40. The molecule has 0 bridgehead atoms. The van der Waals surface area contributed by atoms with E-state index < -0.39 is 5.97 Å². The number of nitriles is 2. The first-order valence-corrected chi connectivity index (χ1v) is 36.1. The molecule has 8 aromatic heterocycles. The van der Waals surface area contributed by atoms with Crippen LogP contribution in [0.2, 0.25) is 0 Å². The summed E-state index contributed by atoms with van der Waals surface area (Å²) < 4.78 is 36.4. The molecule has 3 N–H and O–H groups in total. The van der Waals surface area contributed by atoms with Crippen LogP contribution >= 0.6 is 22.7 Å². The largest absolute Gasteiger partial charge is 0.481 e. The summed E-state index contributed by atoms with van der Waals surface area (Å²) >= 11 is 2.58. The van der Waals surface area contributed by atoms with Gasteiger partial charge in [0.15, 0.2) is 10.3 Å². The van der Waals surface area contributed by atoms with Gasteiger partial charge >= 0.3 is 12.1 Å². The third-order valence-electron chi connectivity index (χ3n) is 18.6. The Morgan fingerprint density at radius 1 is 0.559 bits per heavy atom. The number of carbonyl (C=O) groups is 3. The van der Waals surface area contributed by atoms with Gasteiger partial charge in [0, 0.05) is 157 Å². The van der Waals surface area contributed by atoms with Crippen molar-refractivity contribution in [1.82, 2.24) is 59.1 Å². The topological polar surface area (TPSA) is 258 Å². The van der Waals surface area contributed by atoms with E-state index in [-0.39, 0.29) is 35.2 Å². The molecule has 12 heterocycles. The maximum Gasteiger partial charge on any atom is 0.410 e. The first-order valence-electron chi connectivity index (χ1n) is 34.4. The SMILES string of the molecule is CC(C)(C)OC(=O)N1CCNCC1.CCc1nc2ccc(-c3ccc(N4CCC(C(=O)N5CCNCC5)CC4)nc3)cn2c1N(C)c1nc(-c2ccc(F)cc2)c(C#N)s1.CCc1nc2ccc(-c3ccc(N4CCC(C(=O)O)CC4)nc3)cn2c1N(C)c1nc(-c2ccc(F)cc2)c(C#N)s1. The summed E-state index contributed by atoms with van der Waals surface area (Å²) in [5, 5.41) is 36.7. The number of hydrogen-bond donors (Lipinski definition) is 3. The monoisotopic (exact) mass is 1420 g/mol. The number of rotatable bonds is 14. The predicted molar refractivity (Wildman–Crippen MR) is 394 cm³/mol. The zero-order chi connectivity index (χ0) is 71.8. The number of ether oxygens (including phenoxy) is 1. The summed E-state index contributed by atoms with van der Waals surface area (Å²) in [5.41, 5.74) is 9.34. The lowest BCUT2D eigenvalue weighted by Gasteiger charge is -2.36. The van der Waals surface area contributed by atoms with Crippen LogP contribution in [0.4, 0.5) is 47.1 Å². The van der Waals surface area contributed by atoms with Crippen molar-refractivity contribution >= 4 is 85.5 Å².